The molecule has 1 atom stereocenters. The molecule has 1 aromatic carbocycles. The van der Waals surface area contributed by atoms with Gasteiger partial charge in [-0.05, 0) is 77.5 Å². The van der Waals surface area contributed by atoms with Gasteiger partial charge >= 0.3 is 0 Å². The molecule has 1 N–H and O–H groups in total. The van der Waals surface area contributed by atoms with Gasteiger partial charge in [0.15, 0.2) is 0 Å². The van der Waals surface area contributed by atoms with Crippen LogP contribution in [0.5, 0.6) is 0 Å². The standard InChI is InChI=1S/C24H34N2O2S.C3H6.C2H6/c1-15(2)28-17(4)12-19-11-10-16(3)21(13-19)14-25-23(27)22-18(5)29-24(26-22)20-8-6-7-9-20;1-3-2;1-2/h10-11,13,15,17,20H,6-9,12,14H2,1-5H3,(H,25,27);3H,1H2,2H3;1-2H3. The second-order valence-electron chi connectivity index (χ2n) is 8.99. The molecule has 1 aliphatic rings. The number of hydrogen-bond acceptors (Lipinski definition) is 4. The Morgan fingerprint density at radius 3 is 2.44 bits per heavy atom. The van der Waals surface area contributed by atoms with Gasteiger partial charge in [0.2, 0.25) is 0 Å². The maximum Gasteiger partial charge on any atom is 0.271 e. The van der Waals surface area contributed by atoms with E-state index in [0.29, 0.717) is 18.2 Å². The molecule has 5 heteroatoms. The zero-order chi connectivity index (χ0) is 25.7. The first kappa shape index (κ1) is 30.1. The van der Waals surface area contributed by atoms with Gasteiger partial charge in [0, 0.05) is 17.3 Å². The van der Waals surface area contributed by atoms with Crippen LogP contribution in [0.25, 0.3) is 0 Å². The molecule has 1 heterocycles. The Balaban J connectivity index is 0.00000107. The van der Waals surface area contributed by atoms with Crippen LogP contribution in [-0.2, 0) is 17.7 Å². The molecular weight excluding hydrogens is 440 g/mol. The first-order chi connectivity index (χ1) is 16.2. The Kier molecular flexibility index (Phi) is 14.0. The molecule has 34 heavy (non-hydrogen) atoms. The van der Waals surface area contributed by atoms with Crippen LogP contribution in [0.2, 0.25) is 0 Å². The minimum Gasteiger partial charge on any atom is -0.376 e. The van der Waals surface area contributed by atoms with Gasteiger partial charge in [0.1, 0.15) is 5.69 Å². The summed E-state index contributed by atoms with van der Waals surface area (Å²) in [5.74, 6) is 0.485. The number of carbonyl (C=O) groups is 1. The van der Waals surface area contributed by atoms with Gasteiger partial charge < -0.3 is 10.1 Å². The Bertz CT molecular complexity index is 882. The Hall–Kier alpha value is -1.98. The number of aryl methyl sites for hydroxylation is 2. The maximum atomic E-state index is 12.8. The second kappa shape index (κ2) is 15.8. The van der Waals surface area contributed by atoms with Crippen LogP contribution in [0.1, 0.15) is 110 Å². The molecule has 0 saturated heterocycles. The summed E-state index contributed by atoms with van der Waals surface area (Å²) in [5.41, 5.74) is 4.18. The molecule has 190 valence electrons. The summed E-state index contributed by atoms with van der Waals surface area (Å²) < 4.78 is 5.86. The van der Waals surface area contributed by atoms with Crippen LogP contribution in [0.15, 0.2) is 30.9 Å². The lowest BCUT2D eigenvalue weighted by Crippen LogP contribution is -2.24. The van der Waals surface area contributed by atoms with Gasteiger partial charge in [-0.1, -0.05) is 51.0 Å². The highest BCUT2D eigenvalue weighted by molar-refractivity contribution is 7.12. The third-order valence-electron chi connectivity index (χ3n) is 5.61. The predicted molar refractivity (Wildman–Crippen MR) is 147 cm³/mol. The van der Waals surface area contributed by atoms with Crippen LogP contribution in [0.4, 0.5) is 0 Å². The minimum atomic E-state index is -0.0655. The number of rotatable bonds is 8. The molecule has 1 aliphatic carbocycles. The molecule has 0 bridgehead atoms. The summed E-state index contributed by atoms with van der Waals surface area (Å²) in [5, 5.41) is 4.23. The van der Waals surface area contributed by atoms with Crippen molar-refractivity contribution in [3.63, 3.8) is 0 Å². The summed E-state index contributed by atoms with van der Waals surface area (Å²) >= 11 is 1.69. The molecule has 1 unspecified atom stereocenters. The molecule has 2 aromatic rings. The van der Waals surface area contributed by atoms with Crippen LogP contribution in [0.3, 0.4) is 0 Å². The number of nitrogens with zero attached hydrogens (tertiary/aromatic N) is 1. The monoisotopic (exact) mass is 486 g/mol. The Labute approximate surface area is 212 Å². The van der Waals surface area contributed by atoms with Gasteiger partial charge in [0.25, 0.3) is 5.91 Å². The Morgan fingerprint density at radius 1 is 1.24 bits per heavy atom. The van der Waals surface area contributed by atoms with Crippen molar-refractivity contribution in [2.45, 2.75) is 112 Å². The molecular formula is C29H46N2O2S. The van der Waals surface area contributed by atoms with Crippen LogP contribution >= 0.6 is 11.3 Å². The average molecular weight is 487 g/mol. The van der Waals surface area contributed by atoms with Crippen molar-refractivity contribution in [1.82, 2.24) is 10.3 Å². The van der Waals surface area contributed by atoms with E-state index >= 15 is 0 Å². The lowest BCUT2D eigenvalue weighted by molar-refractivity contribution is 0.0195. The van der Waals surface area contributed by atoms with E-state index in [1.54, 1.807) is 17.4 Å². The van der Waals surface area contributed by atoms with Crippen molar-refractivity contribution in [3.05, 3.63) is 63.1 Å². The van der Waals surface area contributed by atoms with Gasteiger partial charge in [0.05, 0.1) is 17.2 Å². The van der Waals surface area contributed by atoms with E-state index in [1.807, 2.05) is 27.7 Å². The third kappa shape index (κ3) is 9.71. The third-order valence-corrected chi connectivity index (χ3v) is 6.75. The van der Waals surface area contributed by atoms with E-state index in [4.69, 9.17) is 9.72 Å². The minimum absolute atomic E-state index is 0.0655. The summed E-state index contributed by atoms with van der Waals surface area (Å²) in [7, 11) is 0. The molecule has 0 radical (unpaired) electrons. The molecule has 3 rings (SSSR count). The largest absolute Gasteiger partial charge is 0.376 e. The molecule has 1 fully saturated rings. The predicted octanol–water partition coefficient (Wildman–Crippen LogP) is 7.92. The van der Waals surface area contributed by atoms with Gasteiger partial charge in [-0.15, -0.1) is 17.9 Å². The number of benzene rings is 1. The van der Waals surface area contributed by atoms with E-state index in [9.17, 15) is 4.79 Å². The summed E-state index contributed by atoms with van der Waals surface area (Å²) in [6.07, 6.45) is 7.99. The first-order valence-electron chi connectivity index (χ1n) is 12.8. The van der Waals surface area contributed by atoms with Crippen molar-refractivity contribution in [2.75, 3.05) is 0 Å². The number of aromatic nitrogens is 1. The molecule has 4 nitrogen and oxygen atoms in total. The van der Waals surface area contributed by atoms with Crippen LogP contribution in [-0.4, -0.2) is 23.1 Å². The highest BCUT2D eigenvalue weighted by atomic mass is 32.1. The van der Waals surface area contributed by atoms with Gasteiger partial charge in [-0.25, -0.2) is 4.98 Å². The van der Waals surface area contributed by atoms with Crippen molar-refractivity contribution in [3.8, 4) is 0 Å². The second-order valence-corrected chi connectivity index (χ2v) is 10.2. The van der Waals surface area contributed by atoms with E-state index in [1.165, 1.54) is 36.8 Å². The number of allylic oxidation sites excluding steroid dienone is 1. The van der Waals surface area contributed by atoms with Crippen LogP contribution in [0, 0.1) is 13.8 Å². The van der Waals surface area contributed by atoms with Crippen molar-refractivity contribution in [1.29, 1.82) is 0 Å². The summed E-state index contributed by atoms with van der Waals surface area (Å²) in [4.78, 5) is 18.5. The topological polar surface area (TPSA) is 51.2 Å². The van der Waals surface area contributed by atoms with E-state index in [-0.39, 0.29) is 18.1 Å². The van der Waals surface area contributed by atoms with Crippen molar-refractivity contribution >= 4 is 17.2 Å². The smallest absolute Gasteiger partial charge is 0.271 e. The lowest BCUT2D eigenvalue weighted by Gasteiger charge is -2.17. The zero-order valence-corrected chi connectivity index (χ0v) is 23.5. The van der Waals surface area contributed by atoms with Crippen LogP contribution < -0.4 is 5.32 Å². The fourth-order valence-corrected chi connectivity index (χ4v) is 5.21. The summed E-state index contributed by atoms with van der Waals surface area (Å²) in [6.45, 7) is 20.1. The van der Waals surface area contributed by atoms with E-state index in [2.05, 4.69) is 57.8 Å². The maximum absolute atomic E-state index is 12.8. The highest BCUT2D eigenvalue weighted by Crippen LogP contribution is 2.37. The fraction of sp³-hybridized carbons (Fsp3) is 0.586. The fourth-order valence-electron chi connectivity index (χ4n) is 4.12. The van der Waals surface area contributed by atoms with Crippen molar-refractivity contribution < 1.29 is 9.53 Å². The quantitative estimate of drug-likeness (QED) is 0.385. The molecule has 1 aromatic heterocycles. The molecule has 1 amide bonds. The summed E-state index contributed by atoms with van der Waals surface area (Å²) in [6, 6.07) is 6.47. The number of nitrogens with one attached hydrogen (secondary N) is 1. The van der Waals surface area contributed by atoms with Gasteiger partial charge in [-0.2, -0.15) is 0 Å². The average Bonchev–Trinajstić information content (AvgIpc) is 3.45. The molecule has 1 saturated carbocycles. The number of amides is 1. The molecule has 0 spiro atoms. The number of hydrogen-bond donors (Lipinski definition) is 1. The number of thiazole rings is 1. The molecule has 0 aliphatic heterocycles. The van der Waals surface area contributed by atoms with Gasteiger partial charge in [-0.3, -0.25) is 4.79 Å². The first-order valence-corrected chi connectivity index (χ1v) is 13.6. The van der Waals surface area contributed by atoms with Crippen molar-refractivity contribution in [2.24, 2.45) is 0 Å². The Morgan fingerprint density at radius 2 is 1.85 bits per heavy atom. The van der Waals surface area contributed by atoms with E-state index in [0.717, 1.165) is 21.9 Å². The number of carbonyl (C=O) groups excluding carboxylic acids is 1. The lowest BCUT2D eigenvalue weighted by atomic mass is 10.0. The highest BCUT2D eigenvalue weighted by Gasteiger charge is 2.23. The normalized spacial score (nSPS) is 14.0. The SMILES string of the molecule is C=CC.CC.Cc1ccc(CC(C)OC(C)C)cc1CNC(=O)c1nc(C2CCCC2)sc1C. The zero-order valence-electron chi connectivity index (χ0n) is 22.7. The number of ether oxygens (including phenoxy) is 1. The van der Waals surface area contributed by atoms with E-state index < -0.39 is 0 Å².